The van der Waals surface area contributed by atoms with Gasteiger partial charge in [-0.1, -0.05) is 12.1 Å². The number of carbonyl (C=O) groups is 1. The Kier molecular flexibility index (Phi) is 5.22. The van der Waals surface area contributed by atoms with Gasteiger partial charge in [-0.15, -0.1) is 0 Å². The van der Waals surface area contributed by atoms with E-state index in [1.807, 2.05) is 18.2 Å². The van der Waals surface area contributed by atoms with E-state index < -0.39 is 5.97 Å². The van der Waals surface area contributed by atoms with Gasteiger partial charge in [0.2, 0.25) is 0 Å². The summed E-state index contributed by atoms with van der Waals surface area (Å²) in [5.74, 6) is -0.197. The second-order valence-corrected chi connectivity index (χ2v) is 3.67. The minimum absolute atomic E-state index is 0.259. The molecule has 5 nitrogen and oxygen atoms in total. The molecule has 0 aromatic heterocycles. The molecule has 100 valence electrons. The summed E-state index contributed by atoms with van der Waals surface area (Å²) in [5, 5.41) is 8.43. The third-order valence-electron chi connectivity index (χ3n) is 2.30. The van der Waals surface area contributed by atoms with Gasteiger partial charge in [0.1, 0.15) is 5.75 Å². The minimum Gasteiger partial charge on any atom is -0.495 e. The smallest absolute Gasteiger partial charge is 0.335 e. The van der Waals surface area contributed by atoms with Gasteiger partial charge in [-0.05, 0) is 36.4 Å². The number of nitrogens with two attached hydrogens (primary N) is 2. The van der Waals surface area contributed by atoms with Crippen LogP contribution in [-0.4, -0.2) is 18.2 Å². The van der Waals surface area contributed by atoms with Crippen LogP contribution < -0.4 is 16.2 Å². The third-order valence-corrected chi connectivity index (χ3v) is 2.30. The van der Waals surface area contributed by atoms with E-state index >= 15 is 0 Å². The van der Waals surface area contributed by atoms with Crippen molar-refractivity contribution in [3.8, 4) is 5.75 Å². The Morgan fingerprint density at radius 3 is 2.05 bits per heavy atom. The highest BCUT2D eigenvalue weighted by Gasteiger charge is 1.98. The number of carboxylic acid groups (broad SMARTS) is 1. The number of aromatic carboxylic acids is 1. The summed E-state index contributed by atoms with van der Waals surface area (Å²) in [6.07, 6.45) is 0. The van der Waals surface area contributed by atoms with Gasteiger partial charge in [-0.2, -0.15) is 0 Å². The fourth-order valence-electron chi connectivity index (χ4n) is 1.29. The Morgan fingerprint density at radius 1 is 1.05 bits per heavy atom. The predicted octanol–water partition coefficient (Wildman–Crippen LogP) is 2.24. The van der Waals surface area contributed by atoms with Crippen LogP contribution in [0.3, 0.4) is 0 Å². The van der Waals surface area contributed by atoms with Crippen molar-refractivity contribution in [2.45, 2.75) is 0 Å². The van der Waals surface area contributed by atoms with Gasteiger partial charge in [-0.3, -0.25) is 0 Å². The van der Waals surface area contributed by atoms with Gasteiger partial charge < -0.3 is 21.3 Å². The summed E-state index contributed by atoms with van der Waals surface area (Å²) in [4.78, 5) is 10.3. The molecule has 0 saturated heterocycles. The van der Waals surface area contributed by atoms with Crippen LogP contribution in [0.25, 0.3) is 0 Å². The number of rotatable bonds is 2. The van der Waals surface area contributed by atoms with Crippen molar-refractivity contribution >= 4 is 17.3 Å². The van der Waals surface area contributed by atoms with Gasteiger partial charge >= 0.3 is 5.97 Å². The van der Waals surface area contributed by atoms with Crippen molar-refractivity contribution in [1.29, 1.82) is 0 Å². The highest BCUT2D eigenvalue weighted by molar-refractivity contribution is 5.87. The molecule has 2 rings (SSSR count). The van der Waals surface area contributed by atoms with Crippen LogP contribution in [0.2, 0.25) is 0 Å². The number of hydrogen-bond donors (Lipinski definition) is 3. The summed E-state index contributed by atoms with van der Waals surface area (Å²) < 4.78 is 4.92. The Labute approximate surface area is 111 Å². The van der Waals surface area contributed by atoms with Crippen LogP contribution in [0.1, 0.15) is 10.4 Å². The van der Waals surface area contributed by atoms with Gasteiger partial charge in [-0.25, -0.2) is 4.79 Å². The Balaban J connectivity index is 0.000000191. The number of para-hydroxylation sites is 2. The normalized spacial score (nSPS) is 9.11. The first-order valence-corrected chi connectivity index (χ1v) is 5.52. The molecular weight excluding hydrogens is 244 g/mol. The zero-order valence-corrected chi connectivity index (χ0v) is 10.5. The molecule has 0 aliphatic heterocycles. The van der Waals surface area contributed by atoms with E-state index in [1.165, 1.54) is 12.1 Å². The lowest BCUT2D eigenvalue weighted by Crippen LogP contribution is -1.95. The van der Waals surface area contributed by atoms with Crippen LogP contribution in [0.5, 0.6) is 5.75 Å². The standard InChI is InChI=1S/C7H7NO2.C7H9NO/c8-6-3-1-5(2-4-6)7(9)10;1-9-7-5-3-2-4-6(7)8/h1-4H,8H2,(H,9,10);2-5H,8H2,1H3. The molecule has 5 heteroatoms. The molecule has 0 radical (unpaired) electrons. The van der Waals surface area contributed by atoms with E-state index in [0.29, 0.717) is 11.4 Å². The largest absolute Gasteiger partial charge is 0.495 e. The summed E-state index contributed by atoms with van der Waals surface area (Å²) in [7, 11) is 1.60. The average molecular weight is 260 g/mol. The van der Waals surface area contributed by atoms with E-state index in [1.54, 1.807) is 25.3 Å². The molecule has 0 saturated carbocycles. The molecule has 19 heavy (non-hydrogen) atoms. The maximum atomic E-state index is 10.3. The summed E-state index contributed by atoms with van der Waals surface area (Å²) >= 11 is 0. The molecule has 0 amide bonds. The summed E-state index contributed by atoms with van der Waals surface area (Å²) in [6.45, 7) is 0. The lowest BCUT2D eigenvalue weighted by molar-refractivity contribution is 0.0697. The Hall–Kier alpha value is -2.69. The van der Waals surface area contributed by atoms with Crippen LogP contribution in [0.4, 0.5) is 11.4 Å². The van der Waals surface area contributed by atoms with E-state index in [9.17, 15) is 4.79 Å². The van der Waals surface area contributed by atoms with Gasteiger partial charge in [0.25, 0.3) is 0 Å². The fraction of sp³-hybridized carbons (Fsp3) is 0.0714. The van der Waals surface area contributed by atoms with Crippen LogP contribution in [0.15, 0.2) is 48.5 Å². The lowest BCUT2D eigenvalue weighted by atomic mass is 10.2. The number of benzene rings is 2. The molecule has 0 atom stereocenters. The highest BCUT2D eigenvalue weighted by atomic mass is 16.5. The maximum absolute atomic E-state index is 10.3. The number of nitrogen functional groups attached to an aromatic ring is 2. The monoisotopic (exact) mass is 260 g/mol. The fourth-order valence-corrected chi connectivity index (χ4v) is 1.29. The van der Waals surface area contributed by atoms with E-state index in [2.05, 4.69) is 0 Å². The van der Waals surface area contributed by atoms with Crippen molar-refractivity contribution in [3.05, 3.63) is 54.1 Å². The molecule has 5 N–H and O–H groups in total. The molecule has 0 aliphatic rings. The van der Waals surface area contributed by atoms with Crippen LogP contribution >= 0.6 is 0 Å². The Morgan fingerprint density at radius 2 is 1.63 bits per heavy atom. The van der Waals surface area contributed by atoms with E-state index in [-0.39, 0.29) is 5.56 Å². The molecule has 0 fully saturated rings. The molecule has 0 aliphatic carbocycles. The molecule has 0 bridgehead atoms. The zero-order valence-electron chi connectivity index (χ0n) is 10.5. The van der Waals surface area contributed by atoms with E-state index in [4.69, 9.17) is 21.3 Å². The SMILES string of the molecule is COc1ccccc1N.Nc1ccc(C(=O)O)cc1. The number of ether oxygens (including phenoxy) is 1. The second-order valence-electron chi connectivity index (χ2n) is 3.67. The average Bonchev–Trinajstić information content (AvgIpc) is 2.40. The quantitative estimate of drug-likeness (QED) is 0.719. The third kappa shape index (κ3) is 4.59. The Bertz CT molecular complexity index is 539. The first kappa shape index (κ1) is 14.4. The number of methoxy groups -OCH3 is 1. The predicted molar refractivity (Wildman–Crippen MR) is 75.2 cm³/mol. The van der Waals surface area contributed by atoms with Crippen molar-refractivity contribution in [2.24, 2.45) is 0 Å². The van der Waals surface area contributed by atoms with Gasteiger partial charge in [0.05, 0.1) is 18.4 Å². The molecule has 2 aromatic carbocycles. The van der Waals surface area contributed by atoms with Gasteiger partial charge in [0.15, 0.2) is 0 Å². The zero-order chi connectivity index (χ0) is 14.3. The molecule has 0 unspecified atom stereocenters. The van der Waals surface area contributed by atoms with Crippen molar-refractivity contribution in [3.63, 3.8) is 0 Å². The first-order chi connectivity index (χ1) is 9.04. The van der Waals surface area contributed by atoms with Crippen molar-refractivity contribution in [1.82, 2.24) is 0 Å². The maximum Gasteiger partial charge on any atom is 0.335 e. The van der Waals surface area contributed by atoms with Crippen molar-refractivity contribution < 1.29 is 14.6 Å². The summed E-state index contributed by atoms with van der Waals surface area (Å²) in [6, 6.07) is 13.4. The minimum atomic E-state index is -0.931. The second kappa shape index (κ2) is 6.90. The van der Waals surface area contributed by atoms with Crippen LogP contribution in [0, 0.1) is 0 Å². The number of anilines is 2. The lowest BCUT2D eigenvalue weighted by Gasteiger charge is -2.00. The molecule has 0 spiro atoms. The highest BCUT2D eigenvalue weighted by Crippen LogP contribution is 2.18. The van der Waals surface area contributed by atoms with Crippen LogP contribution in [-0.2, 0) is 0 Å². The van der Waals surface area contributed by atoms with Crippen molar-refractivity contribution in [2.75, 3.05) is 18.6 Å². The number of carboxylic acids is 1. The number of hydrogen-bond acceptors (Lipinski definition) is 4. The first-order valence-electron chi connectivity index (χ1n) is 5.52. The molecule has 2 aromatic rings. The molecular formula is C14H16N2O3. The summed E-state index contributed by atoms with van der Waals surface area (Å²) in [5.41, 5.74) is 12.4. The topological polar surface area (TPSA) is 98.6 Å². The van der Waals surface area contributed by atoms with Gasteiger partial charge in [0, 0.05) is 5.69 Å². The molecule has 0 heterocycles. The van der Waals surface area contributed by atoms with E-state index in [0.717, 1.165) is 5.75 Å².